The Kier molecular flexibility index (Phi) is 7.02. The van der Waals surface area contributed by atoms with Gasteiger partial charge in [-0.25, -0.2) is 0 Å². The lowest BCUT2D eigenvalue weighted by molar-refractivity contribution is -0.139. The van der Waals surface area contributed by atoms with E-state index in [9.17, 15) is 14.9 Å². The van der Waals surface area contributed by atoms with Crippen LogP contribution in [0.1, 0.15) is 37.7 Å². The number of nitrogens with two attached hydrogens (primary N) is 1. The zero-order chi connectivity index (χ0) is 23.5. The van der Waals surface area contributed by atoms with Gasteiger partial charge in [-0.15, -0.1) is 10.2 Å². The minimum atomic E-state index is -0.631. The van der Waals surface area contributed by atoms with Crippen molar-refractivity contribution in [1.82, 2.24) is 10.2 Å². The normalized spacial score (nSPS) is 18.3. The molecule has 4 rings (SSSR count). The summed E-state index contributed by atoms with van der Waals surface area (Å²) in [6.07, 6.45) is 1.66. The topological polar surface area (TPSA) is 122 Å². The van der Waals surface area contributed by atoms with Crippen molar-refractivity contribution in [2.24, 2.45) is 5.73 Å². The number of esters is 1. The molecular weight excluding hydrogens is 482 g/mol. The van der Waals surface area contributed by atoms with Crippen molar-refractivity contribution in [3.8, 4) is 6.07 Å². The lowest BCUT2D eigenvalue weighted by Gasteiger charge is -2.38. The van der Waals surface area contributed by atoms with E-state index in [0.717, 1.165) is 0 Å². The number of aromatic nitrogens is 2. The molecule has 33 heavy (non-hydrogen) atoms. The number of hydrogen-bond donors (Lipinski definition) is 1. The number of anilines is 1. The van der Waals surface area contributed by atoms with Crippen molar-refractivity contribution >= 4 is 51.6 Å². The highest BCUT2D eigenvalue weighted by Crippen LogP contribution is 2.48. The number of ketones is 1. The van der Waals surface area contributed by atoms with Crippen LogP contribution in [-0.2, 0) is 14.3 Å². The first-order valence-electron chi connectivity index (χ1n) is 10.3. The molecule has 0 saturated carbocycles. The van der Waals surface area contributed by atoms with E-state index in [1.54, 1.807) is 24.0 Å². The molecule has 2 N–H and O–H groups in total. The third kappa shape index (κ3) is 4.49. The molecule has 11 heteroatoms. The van der Waals surface area contributed by atoms with Crippen LogP contribution in [0, 0.1) is 11.3 Å². The van der Waals surface area contributed by atoms with Gasteiger partial charge in [-0.1, -0.05) is 52.9 Å². The van der Waals surface area contributed by atoms with E-state index in [4.69, 9.17) is 22.1 Å². The Balaban J connectivity index is 1.77. The van der Waals surface area contributed by atoms with Gasteiger partial charge in [-0.3, -0.25) is 14.5 Å². The lowest BCUT2D eigenvalue weighted by atomic mass is 9.76. The second kappa shape index (κ2) is 9.95. The molecule has 0 fully saturated rings. The van der Waals surface area contributed by atoms with Crippen molar-refractivity contribution in [2.75, 3.05) is 17.3 Å². The Morgan fingerprint density at radius 1 is 1.39 bits per heavy atom. The van der Waals surface area contributed by atoms with Gasteiger partial charge in [0.1, 0.15) is 5.82 Å². The quantitative estimate of drug-likeness (QED) is 0.459. The van der Waals surface area contributed by atoms with Gasteiger partial charge in [0, 0.05) is 22.7 Å². The fraction of sp³-hybridized carbons (Fsp3) is 0.318. The first-order chi connectivity index (χ1) is 16.0. The van der Waals surface area contributed by atoms with E-state index in [1.807, 2.05) is 12.1 Å². The summed E-state index contributed by atoms with van der Waals surface area (Å²) < 4.78 is 5.50. The van der Waals surface area contributed by atoms with Gasteiger partial charge in [0.15, 0.2) is 10.1 Å². The molecule has 0 bridgehead atoms. The van der Waals surface area contributed by atoms with Crippen LogP contribution in [0.3, 0.4) is 0 Å². The Morgan fingerprint density at radius 3 is 2.91 bits per heavy atom. The van der Waals surface area contributed by atoms with Crippen LogP contribution in [0.25, 0.3) is 0 Å². The van der Waals surface area contributed by atoms with Crippen LogP contribution in [-0.4, -0.2) is 34.3 Å². The third-order valence-corrected chi connectivity index (χ3v) is 7.69. The zero-order valence-electron chi connectivity index (χ0n) is 17.7. The summed E-state index contributed by atoms with van der Waals surface area (Å²) in [6.45, 7) is 2.06. The van der Waals surface area contributed by atoms with Crippen LogP contribution in [0.2, 0.25) is 5.02 Å². The number of benzene rings is 1. The zero-order valence-corrected chi connectivity index (χ0v) is 20.1. The number of ether oxygens (including phenoxy) is 1. The largest absolute Gasteiger partial charge is 0.465 e. The number of nitrogens with zero attached hydrogens (tertiary/aromatic N) is 4. The molecule has 0 saturated heterocycles. The number of rotatable bonds is 6. The van der Waals surface area contributed by atoms with E-state index in [-0.39, 0.29) is 28.9 Å². The predicted octanol–water partition coefficient (Wildman–Crippen LogP) is 4.15. The van der Waals surface area contributed by atoms with Crippen molar-refractivity contribution in [1.29, 1.82) is 5.26 Å². The second-order valence-corrected chi connectivity index (χ2v) is 9.87. The third-order valence-electron chi connectivity index (χ3n) is 5.34. The van der Waals surface area contributed by atoms with Crippen molar-refractivity contribution < 1.29 is 14.3 Å². The predicted molar refractivity (Wildman–Crippen MR) is 127 cm³/mol. The summed E-state index contributed by atoms with van der Waals surface area (Å²) in [6, 6.07) is 9.38. The van der Waals surface area contributed by atoms with Crippen LogP contribution in [0.4, 0.5) is 5.13 Å². The van der Waals surface area contributed by atoms with E-state index in [2.05, 4.69) is 16.3 Å². The van der Waals surface area contributed by atoms with E-state index in [0.29, 0.717) is 57.2 Å². The van der Waals surface area contributed by atoms with Crippen molar-refractivity contribution in [2.45, 2.75) is 36.4 Å². The van der Waals surface area contributed by atoms with Gasteiger partial charge in [-0.2, -0.15) is 5.26 Å². The van der Waals surface area contributed by atoms with Gasteiger partial charge in [-0.05, 0) is 31.4 Å². The highest BCUT2D eigenvalue weighted by molar-refractivity contribution is 8.01. The number of hydrogen-bond acceptors (Lipinski definition) is 10. The average molecular weight is 502 g/mol. The van der Waals surface area contributed by atoms with E-state index in [1.165, 1.54) is 23.1 Å². The summed E-state index contributed by atoms with van der Waals surface area (Å²) in [5.41, 5.74) is 8.67. The minimum Gasteiger partial charge on any atom is -0.465 e. The number of Topliss-reactive ketones (excluding diaryl/α,β-unsaturated/α-hetero) is 1. The van der Waals surface area contributed by atoms with Crippen LogP contribution < -0.4 is 10.6 Å². The highest BCUT2D eigenvalue weighted by atomic mass is 35.5. The smallest absolute Gasteiger partial charge is 0.316 e. The second-order valence-electron chi connectivity index (χ2n) is 7.28. The number of carbonyl (C=O) groups is 2. The molecule has 1 aromatic carbocycles. The Bertz CT molecular complexity index is 1220. The van der Waals surface area contributed by atoms with Crippen molar-refractivity contribution in [3.05, 3.63) is 57.5 Å². The Hall–Kier alpha value is -2.87. The summed E-state index contributed by atoms with van der Waals surface area (Å²) in [7, 11) is 0. The average Bonchev–Trinajstić information content (AvgIpc) is 3.26. The van der Waals surface area contributed by atoms with Crippen LogP contribution >= 0.6 is 34.7 Å². The minimum absolute atomic E-state index is 0.0344. The molecule has 1 atom stereocenters. The lowest BCUT2D eigenvalue weighted by Crippen LogP contribution is -2.38. The molecule has 0 radical (unpaired) electrons. The van der Waals surface area contributed by atoms with Crippen LogP contribution in [0.5, 0.6) is 0 Å². The number of carbonyl (C=O) groups excluding carboxylic acids is 2. The van der Waals surface area contributed by atoms with Gasteiger partial charge in [0.05, 0.1) is 29.9 Å². The summed E-state index contributed by atoms with van der Waals surface area (Å²) in [5, 5.41) is 19.3. The molecular formula is C22H20ClN5O3S2. The maximum absolute atomic E-state index is 13.1. The molecule has 1 aliphatic heterocycles. The number of allylic oxidation sites excluding steroid dienone is 3. The van der Waals surface area contributed by atoms with Crippen LogP contribution in [0.15, 0.2) is 51.3 Å². The maximum Gasteiger partial charge on any atom is 0.316 e. The monoisotopic (exact) mass is 501 g/mol. The Morgan fingerprint density at radius 2 is 2.18 bits per heavy atom. The first-order valence-corrected chi connectivity index (χ1v) is 12.5. The molecule has 0 amide bonds. The molecule has 1 aromatic heterocycles. The summed E-state index contributed by atoms with van der Waals surface area (Å²) in [5.74, 6) is -0.692. The first kappa shape index (κ1) is 23.3. The molecule has 1 aliphatic carbocycles. The SMILES string of the molecule is CCOC(=O)CSc1nnc(N2C(N)=C(C#N)C(c3ccccc3Cl)C3=C2CCCC3=O)s1. The van der Waals surface area contributed by atoms with Gasteiger partial charge < -0.3 is 10.5 Å². The molecule has 1 unspecified atom stereocenters. The van der Waals surface area contributed by atoms with Crippen molar-refractivity contribution in [3.63, 3.8) is 0 Å². The van der Waals surface area contributed by atoms with Gasteiger partial charge in [0.2, 0.25) is 5.13 Å². The number of nitriles is 1. The molecule has 0 spiro atoms. The van der Waals surface area contributed by atoms with Gasteiger partial charge in [0.25, 0.3) is 0 Å². The molecule has 2 aliphatic rings. The summed E-state index contributed by atoms with van der Waals surface area (Å²) in [4.78, 5) is 26.4. The molecule has 8 nitrogen and oxygen atoms in total. The fourth-order valence-corrected chi connectivity index (χ4v) is 5.92. The van der Waals surface area contributed by atoms with Gasteiger partial charge >= 0.3 is 5.97 Å². The van der Waals surface area contributed by atoms with E-state index >= 15 is 0 Å². The molecule has 2 heterocycles. The standard InChI is InChI=1S/C22H20ClN5O3S2/c1-2-31-17(30)11-32-22-27-26-21(33-22)28-15-8-5-9-16(29)19(15)18(13(10-24)20(28)25)12-6-3-4-7-14(12)23/h3-4,6-7,18H,2,5,8-9,11,25H2,1H3. The number of halogens is 1. The maximum atomic E-state index is 13.1. The van der Waals surface area contributed by atoms with E-state index < -0.39 is 5.92 Å². The Labute approximate surface area is 204 Å². The fourth-order valence-electron chi connectivity index (χ4n) is 4.00. The molecule has 170 valence electrons. The summed E-state index contributed by atoms with van der Waals surface area (Å²) >= 11 is 8.91. The number of thioether (sulfide) groups is 1. The molecule has 2 aromatic rings. The highest BCUT2D eigenvalue weighted by Gasteiger charge is 2.41.